The normalized spacial score (nSPS) is 15.5. The monoisotopic (exact) mass is 581 g/mol. The summed E-state index contributed by atoms with van der Waals surface area (Å²) in [4.78, 5) is 28.9. The third-order valence-electron chi connectivity index (χ3n) is 7.13. The van der Waals surface area contributed by atoms with Gasteiger partial charge in [0.1, 0.15) is 10.9 Å². The van der Waals surface area contributed by atoms with Crippen LogP contribution in [0.25, 0.3) is 10.9 Å². The van der Waals surface area contributed by atoms with E-state index in [1.807, 2.05) is 13.8 Å². The summed E-state index contributed by atoms with van der Waals surface area (Å²) in [6, 6.07) is 2.81. The topological polar surface area (TPSA) is 127 Å². The smallest absolute Gasteiger partial charge is 0.280 e. The molecule has 0 spiro atoms. The van der Waals surface area contributed by atoms with Crippen molar-refractivity contribution >= 4 is 32.7 Å². The number of unbranched alkanes of at least 4 members (excludes halogenated alkanes) is 2. The second kappa shape index (κ2) is 11.5. The Morgan fingerprint density at radius 3 is 2.52 bits per heavy atom. The van der Waals surface area contributed by atoms with E-state index in [4.69, 9.17) is 9.84 Å². The number of hydrogen-bond acceptors (Lipinski definition) is 7. The molecular weight excluding hydrogens is 548 g/mol. The van der Waals surface area contributed by atoms with E-state index in [-0.39, 0.29) is 64.6 Å². The van der Waals surface area contributed by atoms with Gasteiger partial charge in [0.05, 0.1) is 19.4 Å². The van der Waals surface area contributed by atoms with Crippen molar-refractivity contribution in [1.29, 1.82) is 0 Å². The maximum Gasteiger partial charge on any atom is 0.280 e. The van der Waals surface area contributed by atoms with E-state index in [2.05, 4.69) is 5.10 Å². The summed E-state index contributed by atoms with van der Waals surface area (Å²) in [7, 11) is -1.32. The first-order chi connectivity index (χ1) is 19.0. The Morgan fingerprint density at radius 1 is 1.18 bits per heavy atom. The summed E-state index contributed by atoms with van der Waals surface area (Å²) < 4.78 is 63.4. The van der Waals surface area contributed by atoms with Crippen LogP contribution in [0.4, 0.5) is 14.6 Å². The van der Waals surface area contributed by atoms with E-state index in [1.165, 1.54) is 20.2 Å². The first kappa shape index (κ1) is 29.5. The zero-order valence-corrected chi connectivity index (χ0v) is 23.7. The number of benzene rings is 1. The minimum Gasteiger partial charge on any atom is -0.493 e. The standard InChI is InChI=1S/C26H33F2N5O6S/c1-5-31-14-16(2)33-21-20(23(39-4)22(33)26(31)36)25(35)32(15-17-9-10-18(27)19(28)13-17)29-24(21)30(3)40(37,38)12-8-6-7-11-34/h9-10,13,16,34H,5-8,11-12,14-15H2,1-4H3/t16-/m0/s1. The highest BCUT2D eigenvalue weighted by atomic mass is 32.2. The second-order valence-electron chi connectivity index (χ2n) is 9.77. The zero-order chi connectivity index (χ0) is 29.4. The number of rotatable bonds is 11. The predicted octanol–water partition coefficient (Wildman–Crippen LogP) is 2.50. The molecule has 3 aromatic rings. The number of aromatic nitrogens is 3. The molecule has 0 bridgehead atoms. The number of amides is 1. The molecule has 0 unspecified atom stereocenters. The van der Waals surface area contributed by atoms with Crippen molar-refractivity contribution in [2.45, 2.75) is 45.7 Å². The molecule has 0 saturated heterocycles. The van der Waals surface area contributed by atoms with Gasteiger partial charge in [0, 0.05) is 32.8 Å². The average Bonchev–Trinajstić information content (AvgIpc) is 3.28. The molecule has 2 aromatic heterocycles. The number of sulfonamides is 1. The van der Waals surface area contributed by atoms with E-state index < -0.39 is 27.2 Å². The Bertz CT molecular complexity index is 1600. The number of likely N-dealkylation sites (N-methyl/N-ethyl adjacent to an activating group) is 1. The third kappa shape index (κ3) is 5.17. The Balaban J connectivity index is 1.99. The highest BCUT2D eigenvalue weighted by Gasteiger charge is 2.38. The molecule has 0 saturated carbocycles. The van der Waals surface area contributed by atoms with Gasteiger partial charge in [0.2, 0.25) is 10.0 Å². The van der Waals surface area contributed by atoms with Crippen molar-refractivity contribution in [3.8, 4) is 5.75 Å². The quantitative estimate of drug-likeness (QED) is 0.345. The molecule has 0 radical (unpaired) electrons. The van der Waals surface area contributed by atoms with Gasteiger partial charge in [-0.05, 0) is 44.4 Å². The SMILES string of the molecule is CCN1C[C@H](C)n2c(c(OC)c3c(=O)n(Cc4ccc(F)c(F)c4)nc(N(C)S(=O)(=O)CCCCCO)c32)C1=O. The summed E-state index contributed by atoms with van der Waals surface area (Å²) in [6.45, 7) is 4.07. The summed E-state index contributed by atoms with van der Waals surface area (Å²) in [6.07, 6.45) is 1.24. The Kier molecular flexibility index (Phi) is 8.49. The first-order valence-corrected chi connectivity index (χ1v) is 14.6. The van der Waals surface area contributed by atoms with Crippen molar-refractivity contribution in [2.24, 2.45) is 0 Å². The zero-order valence-electron chi connectivity index (χ0n) is 22.9. The third-order valence-corrected chi connectivity index (χ3v) is 8.94. The first-order valence-electron chi connectivity index (χ1n) is 13.0. The lowest BCUT2D eigenvalue weighted by Gasteiger charge is -2.33. The number of aliphatic hydroxyl groups excluding tert-OH is 1. The molecule has 0 fully saturated rings. The molecular formula is C26H33F2N5O6S. The Hall–Kier alpha value is -3.52. The van der Waals surface area contributed by atoms with Gasteiger partial charge in [-0.15, -0.1) is 5.10 Å². The van der Waals surface area contributed by atoms with E-state index >= 15 is 0 Å². The minimum absolute atomic E-state index is 0.00793. The summed E-state index contributed by atoms with van der Waals surface area (Å²) >= 11 is 0. The van der Waals surface area contributed by atoms with Gasteiger partial charge in [-0.2, -0.15) is 0 Å². The fourth-order valence-corrected chi connectivity index (χ4v) is 6.27. The lowest BCUT2D eigenvalue weighted by Crippen LogP contribution is -2.42. The van der Waals surface area contributed by atoms with E-state index in [9.17, 15) is 26.8 Å². The number of anilines is 1. The number of carbonyl (C=O) groups excluding carboxylic acids is 1. The van der Waals surface area contributed by atoms with Gasteiger partial charge in [-0.1, -0.05) is 12.5 Å². The molecule has 218 valence electrons. The number of methoxy groups -OCH3 is 1. The highest BCUT2D eigenvalue weighted by Crippen LogP contribution is 2.41. The largest absolute Gasteiger partial charge is 0.493 e. The number of nitrogens with zero attached hydrogens (tertiary/aromatic N) is 5. The van der Waals surface area contributed by atoms with Crippen molar-refractivity contribution < 1.29 is 31.8 Å². The van der Waals surface area contributed by atoms with Crippen LogP contribution in [0.1, 0.15) is 55.2 Å². The second-order valence-corrected chi connectivity index (χ2v) is 11.9. The summed E-state index contributed by atoms with van der Waals surface area (Å²) in [5.74, 6) is -2.88. The van der Waals surface area contributed by atoms with Gasteiger partial charge in [-0.25, -0.2) is 21.9 Å². The van der Waals surface area contributed by atoms with Gasteiger partial charge in [0.15, 0.2) is 28.9 Å². The predicted molar refractivity (Wildman–Crippen MR) is 145 cm³/mol. The average molecular weight is 582 g/mol. The van der Waals surface area contributed by atoms with Crippen LogP contribution in [0.2, 0.25) is 0 Å². The van der Waals surface area contributed by atoms with Gasteiger partial charge >= 0.3 is 0 Å². The van der Waals surface area contributed by atoms with Crippen LogP contribution < -0.4 is 14.6 Å². The number of ether oxygens (including phenoxy) is 1. The van der Waals surface area contributed by atoms with Crippen LogP contribution in [0.5, 0.6) is 5.75 Å². The van der Waals surface area contributed by atoms with Crippen LogP contribution >= 0.6 is 0 Å². The Labute approximate surface area is 230 Å². The van der Waals surface area contributed by atoms with Gasteiger partial charge in [-0.3, -0.25) is 13.9 Å². The van der Waals surface area contributed by atoms with E-state index in [0.717, 1.165) is 21.1 Å². The van der Waals surface area contributed by atoms with Crippen molar-refractivity contribution in [1.82, 2.24) is 19.2 Å². The summed E-state index contributed by atoms with van der Waals surface area (Å²) in [5.41, 5.74) is -0.217. The number of aliphatic hydroxyl groups is 1. The molecule has 11 nitrogen and oxygen atoms in total. The molecule has 1 N–H and O–H groups in total. The lowest BCUT2D eigenvalue weighted by molar-refractivity contribution is 0.0685. The fraction of sp³-hybridized carbons (Fsp3) is 0.500. The molecule has 1 amide bonds. The van der Waals surface area contributed by atoms with Crippen LogP contribution in [0.3, 0.4) is 0 Å². The number of halogens is 2. The molecule has 3 heterocycles. The van der Waals surface area contributed by atoms with Crippen LogP contribution in [0.15, 0.2) is 23.0 Å². The molecule has 1 aliphatic heterocycles. The fourth-order valence-electron chi connectivity index (χ4n) is 5.04. The maximum absolute atomic E-state index is 14.0. The number of fused-ring (bicyclic) bond motifs is 3. The minimum atomic E-state index is -3.96. The molecule has 0 aliphatic carbocycles. The molecule has 1 atom stereocenters. The maximum atomic E-state index is 14.0. The number of hydrogen-bond donors (Lipinski definition) is 1. The van der Waals surface area contributed by atoms with E-state index in [1.54, 1.807) is 9.47 Å². The van der Waals surface area contributed by atoms with Crippen LogP contribution in [0, 0.1) is 11.6 Å². The molecule has 40 heavy (non-hydrogen) atoms. The van der Waals surface area contributed by atoms with E-state index in [0.29, 0.717) is 32.4 Å². The lowest BCUT2D eigenvalue weighted by atomic mass is 10.2. The van der Waals surface area contributed by atoms with Gasteiger partial charge < -0.3 is 19.3 Å². The van der Waals surface area contributed by atoms with Gasteiger partial charge in [0.25, 0.3) is 11.5 Å². The highest BCUT2D eigenvalue weighted by molar-refractivity contribution is 7.92. The Morgan fingerprint density at radius 2 is 1.90 bits per heavy atom. The van der Waals surface area contributed by atoms with Crippen molar-refractivity contribution in [3.63, 3.8) is 0 Å². The molecule has 1 aromatic carbocycles. The molecule has 14 heteroatoms. The van der Waals surface area contributed by atoms with Crippen LogP contribution in [-0.4, -0.2) is 78.3 Å². The van der Waals surface area contributed by atoms with Crippen molar-refractivity contribution in [3.05, 3.63) is 51.4 Å². The molecule has 4 rings (SSSR count). The van der Waals surface area contributed by atoms with Crippen molar-refractivity contribution in [2.75, 3.05) is 43.9 Å². The molecule has 1 aliphatic rings. The number of carbonyl (C=O) groups is 1. The summed E-state index contributed by atoms with van der Waals surface area (Å²) in [5, 5.41) is 13.4. The van der Waals surface area contributed by atoms with Crippen LogP contribution in [-0.2, 0) is 16.6 Å².